The van der Waals surface area contributed by atoms with Crippen molar-refractivity contribution in [2.45, 2.75) is 12.5 Å². The van der Waals surface area contributed by atoms with Gasteiger partial charge in [-0.3, -0.25) is 0 Å². The van der Waals surface area contributed by atoms with E-state index >= 15 is 0 Å². The van der Waals surface area contributed by atoms with Crippen LogP contribution in [0.1, 0.15) is 6.42 Å². The van der Waals surface area contributed by atoms with Crippen LogP contribution in [-0.4, -0.2) is 55.1 Å². The zero-order valence-corrected chi connectivity index (χ0v) is 12.0. The Labute approximate surface area is 110 Å². The lowest BCUT2D eigenvalue weighted by atomic mass is 10.2. The van der Waals surface area contributed by atoms with Crippen LogP contribution in [0.5, 0.6) is 0 Å². The highest BCUT2D eigenvalue weighted by Crippen LogP contribution is 2.28. The summed E-state index contributed by atoms with van der Waals surface area (Å²) in [6.07, 6.45) is 2.98. The number of anilines is 2. The van der Waals surface area contributed by atoms with Crippen LogP contribution in [0.4, 0.5) is 11.8 Å². The fourth-order valence-electron chi connectivity index (χ4n) is 2.06. The second-order valence-corrected chi connectivity index (χ2v) is 5.32. The number of aromatic nitrogens is 2. The molecule has 0 saturated carbocycles. The molecule has 1 unspecified atom stereocenters. The van der Waals surface area contributed by atoms with Crippen LogP contribution in [-0.2, 0) is 0 Å². The Hall–Kier alpha value is -0.880. The Kier molecular flexibility index (Phi) is 3.83. The van der Waals surface area contributed by atoms with Crippen LogP contribution in [0, 0.1) is 0 Å². The molecule has 6 heteroatoms. The van der Waals surface area contributed by atoms with Crippen molar-refractivity contribution >= 4 is 27.7 Å². The topological polar surface area (TPSA) is 44.3 Å². The third-order valence-electron chi connectivity index (χ3n) is 3.14. The second-order valence-electron chi connectivity index (χ2n) is 4.47. The van der Waals surface area contributed by atoms with Gasteiger partial charge in [-0.1, -0.05) is 0 Å². The van der Waals surface area contributed by atoms with E-state index in [4.69, 9.17) is 0 Å². The third kappa shape index (κ3) is 2.69. The molecule has 1 atom stereocenters. The van der Waals surface area contributed by atoms with Gasteiger partial charge in [-0.05, 0) is 36.4 Å². The first-order valence-corrected chi connectivity index (χ1v) is 6.52. The number of hydrogen-bond acceptors (Lipinski definition) is 5. The van der Waals surface area contributed by atoms with E-state index in [-0.39, 0.29) is 0 Å². The number of nitrogens with one attached hydrogen (secondary N) is 1. The number of hydrogen-bond donors (Lipinski definition) is 1. The van der Waals surface area contributed by atoms with Crippen LogP contribution in [0.3, 0.4) is 0 Å². The third-order valence-corrected chi connectivity index (χ3v) is 3.70. The first-order chi connectivity index (χ1) is 8.11. The van der Waals surface area contributed by atoms with Crippen LogP contribution in [0.25, 0.3) is 0 Å². The monoisotopic (exact) mass is 299 g/mol. The molecule has 0 aromatic carbocycles. The smallest absolute Gasteiger partial charge is 0.224 e. The van der Waals surface area contributed by atoms with Gasteiger partial charge in [0.15, 0.2) is 0 Å². The SMILES string of the molecule is CNc1ncc(Br)c(N2CCC(N(C)C)C2)n1. The molecule has 1 aromatic rings. The molecule has 1 aliphatic rings. The van der Waals surface area contributed by atoms with Crippen LogP contribution in [0.2, 0.25) is 0 Å². The van der Waals surface area contributed by atoms with E-state index in [0.717, 1.165) is 23.4 Å². The van der Waals surface area contributed by atoms with Gasteiger partial charge in [0.25, 0.3) is 0 Å². The van der Waals surface area contributed by atoms with E-state index in [1.807, 2.05) is 7.05 Å². The van der Waals surface area contributed by atoms with Crippen molar-refractivity contribution in [1.29, 1.82) is 0 Å². The van der Waals surface area contributed by atoms with E-state index in [2.05, 4.69) is 55.1 Å². The number of halogens is 1. The van der Waals surface area contributed by atoms with Gasteiger partial charge in [0, 0.05) is 32.4 Å². The predicted molar refractivity (Wildman–Crippen MR) is 73.6 cm³/mol. The fraction of sp³-hybridized carbons (Fsp3) is 0.636. The maximum atomic E-state index is 4.50. The zero-order chi connectivity index (χ0) is 12.4. The molecule has 0 bridgehead atoms. The summed E-state index contributed by atoms with van der Waals surface area (Å²) in [5.74, 6) is 1.64. The zero-order valence-electron chi connectivity index (χ0n) is 10.4. The lowest BCUT2D eigenvalue weighted by molar-refractivity contribution is 0.315. The first-order valence-electron chi connectivity index (χ1n) is 5.73. The van der Waals surface area contributed by atoms with Crippen molar-refractivity contribution in [1.82, 2.24) is 14.9 Å². The molecule has 2 heterocycles. The molecular formula is C11H18BrN5. The summed E-state index contributed by atoms with van der Waals surface area (Å²) >= 11 is 3.52. The number of rotatable bonds is 3. The molecule has 0 amide bonds. The Morgan fingerprint density at radius 3 is 2.88 bits per heavy atom. The average Bonchev–Trinajstić information content (AvgIpc) is 2.79. The summed E-state index contributed by atoms with van der Waals surface area (Å²) in [5, 5.41) is 2.97. The minimum Gasteiger partial charge on any atom is -0.357 e. The van der Waals surface area contributed by atoms with Crippen molar-refractivity contribution in [3.8, 4) is 0 Å². The van der Waals surface area contributed by atoms with Crippen molar-refractivity contribution in [3.63, 3.8) is 0 Å². The van der Waals surface area contributed by atoms with Gasteiger partial charge < -0.3 is 15.1 Å². The minimum absolute atomic E-state index is 0.606. The average molecular weight is 300 g/mol. The summed E-state index contributed by atoms with van der Waals surface area (Å²) in [5.41, 5.74) is 0. The van der Waals surface area contributed by atoms with E-state index in [0.29, 0.717) is 12.0 Å². The quantitative estimate of drug-likeness (QED) is 0.914. The van der Waals surface area contributed by atoms with Crippen LogP contribution < -0.4 is 10.2 Å². The molecule has 2 rings (SSSR count). The highest BCUT2D eigenvalue weighted by molar-refractivity contribution is 9.10. The van der Waals surface area contributed by atoms with Gasteiger partial charge in [0.2, 0.25) is 5.95 Å². The molecule has 94 valence electrons. The molecular weight excluding hydrogens is 282 g/mol. The van der Waals surface area contributed by atoms with Crippen LogP contribution in [0.15, 0.2) is 10.7 Å². The largest absolute Gasteiger partial charge is 0.357 e. The van der Waals surface area contributed by atoms with E-state index < -0.39 is 0 Å². The van der Waals surface area contributed by atoms with E-state index in [1.54, 1.807) is 6.20 Å². The Morgan fingerprint density at radius 1 is 1.53 bits per heavy atom. The lowest BCUT2D eigenvalue weighted by Crippen LogP contribution is -2.31. The van der Waals surface area contributed by atoms with Gasteiger partial charge >= 0.3 is 0 Å². The highest BCUT2D eigenvalue weighted by Gasteiger charge is 2.26. The molecule has 17 heavy (non-hydrogen) atoms. The van der Waals surface area contributed by atoms with E-state index in [1.165, 1.54) is 6.42 Å². The van der Waals surface area contributed by atoms with E-state index in [9.17, 15) is 0 Å². The predicted octanol–water partition coefficient (Wildman–Crippen LogP) is 1.42. The Morgan fingerprint density at radius 2 is 2.29 bits per heavy atom. The fourth-order valence-corrected chi connectivity index (χ4v) is 2.50. The van der Waals surface area contributed by atoms with Crippen molar-refractivity contribution < 1.29 is 0 Å². The van der Waals surface area contributed by atoms with Crippen molar-refractivity contribution in [2.75, 3.05) is 44.4 Å². The molecule has 1 N–H and O–H groups in total. The highest BCUT2D eigenvalue weighted by atomic mass is 79.9. The number of likely N-dealkylation sites (N-methyl/N-ethyl adjacent to an activating group) is 1. The molecule has 0 spiro atoms. The first kappa shape index (κ1) is 12.6. The Bertz CT molecular complexity index is 395. The normalized spacial score (nSPS) is 20.1. The molecule has 0 aliphatic carbocycles. The molecule has 1 fully saturated rings. The summed E-state index contributed by atoms with van der Waals surface area (Å²) in [6.45, 7) is 2.06. The van der Waals surface area contributed by atoms with Crippen molar-refractivity contribution in [2.24, 2.45) is 0 Å². The summed E-state index contributed by atoms with van der Waals surface area (Å²) in [4.78, 5) is 13.3. The van der Waals surface area contributed by atoms with Gasteiger partial charge in [-0.15, -0.1) is 0 Å². The standard InChI is InChI=1S/C11H18BrN5/c1-13-11-14-6-9(12)10(15-11)17-5-4-8(7-17)16(2)3/h6,8H,4-5,7H2,1-3H3,(H,13,14,15). The maximum Gasteiger partial charge on any atom is 0.224 e. The van der Waals surface area contributed by atoms with Crippen LogP contribution >= 0.6 is 15.9 Å². The molecule has 0 radical (unpaired) electrons. The number of nitrogens with zero attached hydrogens (tertiary/aromatic N) is 4. The maximum absolute atomic E-state index is 4.50. The van der Waals surface area contributed by atoms with Crippen molar-refractivity contribution in [3.05, 3.63) is 10.7 Å². The molecule has 1 aromatic heterocycles. The summed E-state index contributed by atoms with van der Waals surface area (Å²) in [7, 11) is 6.09. The summed E-state index contributed by atoms with van der Waals surface area (Å²) < 4.78 is 0.955. The summed E-state index contributed by atoms with van der Waals surface area (Å²) in [6, 6.07) is 0.606. The van der Waals surface area contributed by atoms with Gasteiger partial charge in [-0.2, -0.15) is 4.98 Å². The molecule has 1 saturated heterocycles. The second kappa shape index (κ2) is 5.18. The van der Waals surface area contributed by atoms with Gasteiger partial charge in [0.05, 0.1) is 4.47 Å². The molecule has 5 nitrogen and oxygen atoms in total. The minimum atomic E-state index is 0.606. The van der Waals surface area contributed by atoms with Gasteiger partial charge in [-0.25, -0.2) is 4.98 Å². The lowest BCUT2D eigenvalue weighted by Gasteiger charge is -2.22. The Balaban J connectivity index is 2.18. The van der Waals surface area contributed by atoms with Gasteiger partial charge in [0.1, 0.15) is 5.82 Å². The molecule has 1 aliphatic heterocycles.